The normalized spacial score (nSPS) is 12.4. The Hall–Kier alpha value is -1.35. The second-order valence-electron chi connectivity index (χ2n) is 5.75. The molecule has 0 fully saturated rings. The van der Waals surface area contributed by atoms with Gasteiger partial charge in [0.15, 0.2) is 0 Å². The minimum atomic E-state index is -0.168. The molecule has 0 radical (unpaired) electrons. The lowest BCUT2D eigenvalue weighted by Gasteiger charge is -2.22. The molecular weight excluding hydrogens is 262 g/mol. The van der Waals surface area contributed by atoms with E-state index in [2.05, 4.69) is 12.2 Å². The van der Waals surface area contributed by atoms with E-state index >= 15 is 0 Å². The largest absolute Gasteiger partial charge is 0.356 e. The van der Waals surface area contributed by atoms with Gasteiger partial charge < -0.3 is 10.1 Å². The Morgan fingerprint density at radius 2 is 1.86 bits per heavy atom. The average molecular weight is 291 g/mol. The first-order valence-electron chi connectivity index (χ1n) is 8.10. The molecule has 1 atom stereocenters. The number of amides is 1. The van der Waals surface area contributed by atoms with Gasteiger partial charge in [0.1, 0.15) is 6.23 Å². The van der Waals surface area contributed by atoms with Crippen LogP contribution in [0.5, 0.6) is 0 Å². The van der Waals surface area contributed by atoms with E-state index in [0.717, 1.165) is 18.4 Å². The zero-order valence-corrected chi connectivity index (χ0v) is 13.6. The van der Waals surface area contributed by atoms with Gasteiger partial charge in [-0.15, -0.1) is 0 Å². The van der Waals surface area contributed by atoms with Crippen molar-refractivity contribution in [2.24, 2.45) is 0 Å². The smallest absolute Gasteiger partial charge is 0.226 e. The molecule has 0 saturated heterocycles. The quantitative estimate of drug-likeness (QED) is 0.521. The van der Waals surface area contributed by atoms with E-state index in [0.29, 0.717) is 6.42 Å². The third-order valence-electron chi connectivity index (χ3n) is 3.29. The Labute approximate surface area is 129 Å². The number of hydrogen-bond acceptors (Lipinski definition) is 2. The summed E-state index contributed by atoms with van der Waals surface area (Å²) in [4.78, 5) is 12.1. The minimum Gasteiger partial charge on any atom is -0.356 e. The average Bonchev–Trinajstić information content (AvgIpc) is 2.43. The van der Waals surface area contributed by atoms with Crippen molar-refractivity contribution in [2.75, 3.05) is 0 Å². The minimum absolute atomic E-state index is 0.0299. The van der Waals surface area contributed by atoms with Gasteiger partial charge in [-0.3, -0.25) is 4.79 Å². The maximum Gasteiger partial charge on any atom is 0.226 e. The molecule has 1 unspecified atom stereocenters. The molecule has 0 aromatic heterocycles. The fourth-order valence-electron chi connectivity index (χ4n) is 2.27. The van der Waals surface area contributed by atoms with Crippen LogP contribution < -0.4 is 5.32 Å². The molecule has 0 aliphatic rings. The summed E-state index contributed by atoms with van der Waals surface area (Å²) in [6.45, 7) is 6.20. The monoisotopic (exact) mass is 291 g/mol. The highest BCUT2D eigenvalue weighted by Crippen LogP contribution is 2.09. The Balaban J connectivity index is 2.41. The number of benzene rings is 1. The Kier molecular flexibility index (Phi) is 8.76. The number of hydrogen-bond donors (Lipinski definition) is 1. The van der Waals surface area contributed by atoms with Crippen molar-refractivity contribution in [1.29, 1.82) is 0 Å². The van der Waals surface area contributed by atoms with Gasteiger partial charge in [-0.25, -0.2) is 0 Å². The molecule has 0 aliphatic heterocycles. The highest BCUT2D eigenvalue weighted by Gasteiger charge is 2.14. The van der Waals surface area contributed by atoms with Crippen molar-refractivity contribution in [3.05, 3.63) is 35.9 Å². The van der Waals surface area contributed by atoms with E-state index in [4.69, 9.17) is 4.74 Å². The standard InChI is InChI=1S/C18H29NO2/c1-4-5-6-10-13-18(21-15(2)3)19-17(20)14-16-11-8-7-9-12-16/h7-9,11-12,15,18H,4-6,10,13-14H2,1-3H3,(H,19,20). The lowest BCUT2D eigenvalue weighted by atomic mass is 10.1. The van der Waals surface area contributed by atoms with E-state index in [-0.39, 0.29) is 18.2 Å². The summed E-state index contributed by atoms with van der Waals surface area (Å²) in [6, 6.07) is 9.81. The van der Waals surface area contributed by atoms with Gasteiger partial charge in [0.2, 0.25) is 5.91 Å². The molecule has 21 heavy (non-hydrogen) atoms. The Morgan fingerprint density at radius 3 is 2.48 bits per heavy atom. The number of carbonyl (C=O) groups is 1. The van der Waals surface area contributed by atoms with Crippen LogP contribution in [0, 0.1) is 0 Å². The molecule has 118 valence electrons. The van der Waals surface area contributed by atoms with Crippen molar-refractivity contribution < 1.29 is 9.53 Å². The van der Waals surface area contributed by atoms with Crippen molar-refractivity contribution in [1.82, 2.24) is 5.32 Å². The van der Waals surface area contributed by atoms with E-state index in [1.165, 1.54) is 19.3 Å². The third-order valence-corrected chi connectivity index (χ3v) is 3.29. The van der Waals surface area contributed by atoms with E-state index < -0.39 is 0 Å². The fourth-order valence-corrected chi connectivity index (χ4v) is 2.27. The van der Waals surface area contributed by atoms with Crippen LogP contribution in [0.2, 0.25) is 0 Å². The molecule has 1 amide bonds. The molecule has 0 spiro atoms. The number of rotatable bonds is 10. The molecule has 1 rings (SSSR count). The maximum atomic E-state index is 12.1. The van der Waals surface area contributed by atoms with Crippen LogP contribution in [0.4, 0.5) is 0 Å². The maximum absolute atomic E-state index is 12.1. The Morgan fingerprint density at radius 1 is 1.14 bits per heavy atom. The molecule has 0 heterocycles. The molecule has 1 N–H and O–H groups in total. The van der Waals surface area contributed by atoms with Crippen LogP contribution in [-0.4, -0.2) is 18.2 Å². The second kappa shape index (κ2) is 10.4. The molecule has 0 aliphatic carbocycles. The van der Waals surface area contributed by atoms with Gasteiger partial charge in [-0.05, 0) is 32.3 Å². The van der Waals surface area contributed by atoms with Gasteiger partial charge >= 0.3 is 0 Å². The molecule has 3 heteroatoms. The molecule has 1 aromatic carbocycles. The lowest BCUT2D eigenvalue weighted by Crippen LogP contribution is -2.39. The zero-order chi connectivity index (χ0) is 15.5. The van der Waals surface area contributed by atoms with Crippen LogP contribution in [0.15, 0.2) is 30.3 Å². The van der Waals surface area contributed by atoms with Crippen molar-refractivity contribution in [3.8, 4) is 0 Å². The summed E-state index contributed by atoms with van der Waals surface area (Å²) >= 11 is 0. The summed E-state index contributed by atoms with van der Waals surface area (Å²) in [5.41, 5.74) is 1.03. The predicted octanol–water partition coefficient (Wildman–Crippen LogP) is 4.07. The van der Waals surface area contributed by atoms with E-state index in [1.807, 2.05) is 44.2 Å². The first-order valence-corrected chi connectivity index (χ1v) is 8.10. The number of nitrogens with one attached hydrogen (secondary N) is 1. The topological polar surface area (TPSA) is 38.3 Å². The molecule has 0 saturated carbocycles. The van der Waals surface area contributed by atoms with Crippen molar-refractivity contribution in [2.45, 2.75) is 71.6 Å². The Bertz CT molecular complexity index is 389. The van der Waals surface area contributed by atoms with Gasteiger partial charge in [0.05, 0.1) is 12.5 Å². The third kappa shape index (κ3) is 8.51. The molecule has 3 nitrogen and oxygen atoms in total. The summed E-state index contributed by atoms with van der Waals surface area (Å²) in [5.74, 6) is 0.0299. The molecule has 0 bridgehead atoms. The van der Waals surface area contributed by atoms with Crippen LogP contribution in [0.3, 0.4) is 0 Å². The molecular formula is C18H29NO2. The van der Waals surface area contributed by atoms with Crippen molar-refractivity contribution >= 4 is 5.91 Å². The zero-order valence-electron chi connectivity index (χ0n) is 13.6. The number of ether oxygens (including phenoxy) is 1. The van der Waals surface area contributed by atoms with Gasteiger partial charge in [0.25, 0.3) is 0 Å². The summed E-state index contributed by atoms with van der Waals surface area (Å²) in [6.07, 6.45) is 6.01. The van der Waals surface area contributed by atoms with Crippen LogP contribution in [0.1, 0.15) is 58.4 Å². The van der Waals surface area contributed by atoms with Gasteiger partial charge in [0, 0.05) is 0 Å². The lowest BCUT2D eigenvalue weighted by molar-refractivity contribution is -0.126. The van der Waals surface area contributed by atoms with Crippen molar-refractivity contribution in [3.63, 3.8) is 0 Å². The summed E-state index contributed by atoms with van der Waals surface area (Å²) < 4.78 is 5.81. The van der Waals surface area contributed by atoms with Crippen LogP contribution >= 0.6 is 0 Å². The number of unbranched alkanes of at least 4 members (excludes halogenated alkanes) is 3. The first-order chi connectivity index (χ1) is 10.1. The van der Waals surface area contributed by atoms with Crippen LogP contribution in [-0.2, 0) is 16.0 Å². The highest BCUT2D eigenvalue weighted by molar-refractivity contribution is 5.78. The summed E-state index contributed by atoms with van der Waals surface area (Å²) in [7, 11) is 0. The van der Waals surface area contributed by atoms with E-state index in [9.17, 15) is 4.79 Å². The van der Waals surface area contributed by atoms with Gasteiger partial charge in [-0.2, -0.15) is 0 Å². The van der Waals surface area contributed by atoms with E-state index in [1.54, 1.807) is 0 Å². The highest BCUT2D eigenvalue weighted by atomic mass is 16.5. The summed E-state index contributed by atoms with van der Waals surface area (Å²) in [5, 5.41) is 3.01. The second-order valence-corrected chi connectivity index (χ2v) is 5.75. The number of carbonyl (C=O) groups excluding carboxylic acids is 1. The first kappa shape index (κ1) is 17.7. The predicted molar refractivity (Wildman–Crippen MR) is 87.1 cm³/mol. The fraction of sp³-hybridized carbons (Fsp3) is 0.611. The SMILES string of the molecule is CCCCCCC(NC(=O)Cc1ccccc1)OC(C)C. The molecule has 1 aromatic rings. The van der Waals surface area contributed by atoms with Crippen LogP contribution in [0.25, 0.3) is 0 Å². The van der Waals surface area contributed by atoms with Gasteiger partial charge in [-0.1, -0.05) is 56.5 Å².